The molecule has 1 aliphatic carbocycles. The van der Waals surface area contributed by atoms with E-state index in [0.29, 0.717) is 5.91 Å². The van der Waals surface area contributed by atoms with Crippen LogP contribution in [0.15, 0.2) is 10.7 Å². The average Bonchev–Trinajstić information content (AvgIpc) is 3.21. The van der Waals surface area contributed by atoms with Crippen LogP contribution in [0.4, 0.5) is 0 Å². The minimum atomic E-state index is 0.237. The van der Waals surface area contributed by atoms with Crippen LogP contribution in [0.2, 0.25) is 0 Å². The van der Waals surface area contributed by atoms with Crippen molar-refractivity contribution >= 4 is 5.91 Å². The molecule has 2 saturated heterocycles. The number of hydrogen-bond donors (Lipinski definition) is 0. The van der Waals surface area contributed by atoms with Gasteiger partial charge in [-0.15, -0.1) is 0 Å². The molecule has 2 atom stereocenters. The zero-order valence-corrected chi connectivity index (χ0v) is 14.7. The first kappa shape index (κ1) is 16.1. The van der Waals surface area contributed by atoms with Gasteiger partial charge in [0.25, 0.3) is 0 Å². The molecule has 2 aliphatic heterocycles. The van der Waals surface area contributed by atoms with Crippen molar-refractivity contribution in [3.8, 4) is 0 Å². The summed E-state index contributed by atoms with van der Waals surface area (Å²) in [6, 6.07) is 0. The van der Waals surface area contributed by atoms with Gasteiger partial charge in [-0.05, 0) is 50.6 Å². The maximum absolute atomic E-state index is 12.9. The molecule has 0 aromatic carbocycles. The van der Waals surface area contributed by atoms with E-state index in [1.165, 1.54) is 25.7 Å². The van der Waals surface area contributed by atoms with Gasteiger partial charge < -0.3 is 9.32 Å². The fourth-order valence-electron chi connectivity index (χ4n) is 4.89. The molecule has 0 N–H and O–H groups in total. The highest BCUT2D eigenvalue weighted by atomic mass is 16.3. The molecule has 0 bridgehead atoms. The van der Waals surface area contributed by atoms with E-state index in [9.17, 15) is 4.79 Å². The molecule has 4 rings (SSSR count). The number of aromatic nitrogens is 1. The third kappa shape index (κ3) is 3.37. The predicted octanol–water partition coefficient (Wildman–Crippen LogP) is 2.84. The third-order valence-electron chi connectivity index (χ3n) is 6.28. The fourth-order valence-corrected chi connectivity index (χ4v) is 4.89. The first-order valence-corrected chi connectivity index (χ1v) is 9.61. The Morgan fingerprint density at radius 2 is 1.83 bits per heavy atom. The molecule has 132 valence electrons. The summed E-state index contributed by atoms with van der Waals surface area (Å²) in [5, 5.41) is 0. The number of nitrogens with zero attached hydrogens (tertiary/aromatic N) is 3. The number of piperidine rings is 1. The van der Waals surface area contributed by atoms with E-state index in [0.717, 1.165) is 69.0 Å². The van der Waals surface area contributed by atoms with Gasteiger partial charge in [-0.25, -0.2) is 4.98 Å². The largest absolute Gasteiger partial charge is 0.449 e. The maximum atomic E-state index is 12.9. The molecule has 3 fully saturated rings. The van der Waals surface area contributed by atoms with Gasteiger partial charge in [0, 0.05) is 32.5 Å². The van der Waals surface area contributed by atoms with E-state index in [4.69, 9.17) is 4.42 Å². The van der Waals surface area contributed by atoms with Crippen molar-refractivity contribution in [2.75, 3.05) is 26.2 Å². The second kappa shape index (κ2) is 6.87. The number of hydrogen-bond acceptors (Lipinski definition) is 4. The van der Waals surface area contributed by atoms with Crippen molar-refractivity contribution < 1.29 is 9.21 Å². The number of carbonyl (C=O) groups is 1. The summed E-state index contributed by atoms with van der Waals surface area (Å²) in [7, 11) is 0. The third-order valence-corrected chi connectivity index (χ3v) is 6.28. The highest BCUT2D eigenvalue weighted by Gasteiger charge is 2.38. The lowest BCUT2D eigenvalue weighted by Crippen LogP contribution is -2.41. The molecule has 0 spiro atoms. The number of carbonyl (C=O) groups excluding carboxylic acids is 1. The summed E-state index contributed by atoms with van der Waals surface area (Å²) in [5.41, 5.74) is 1.00. The summed E-state index contributed by atoms with van der Waals surface area (Å²) in [4.78, 5) is 21.9. The molecule has 5 heteroatoms. The van der Waals surface area contributed by atoms with Gasteiger partial charge in [-0.1, -0.05) is 12.8 Å². The molecule has 3 heterocycles. The number of aryl methyl sites for hydroxylation is 1. The Balaban J connectivity index is 1.27. The molecule has 3 aliphatic rings. The first-order chi connectivity index (χ1) is 11.7. The lowest BCUT2D eigenvalue weighted by atomic mass is 9.82. The number of likely N-dealkylation sites (tertiary alicyclic amines) is 2. The van der Waals surface area contributed by atoms with Crippen LogP contribution in [0.3, 0.4) is 0 Å². The molecular formula is C19H29N3O2. The highest BCUT2D eigenvalue weighted by molar-refractivity contribution is 5.79. The summed E-state index contributed by atoms with van der Waals surface area (Å²) in [6.45, 7) is 6.75. The topological polar surface area (TPSA) is 49.6 Å². The Morgan fingerprint density at radius 3 is 2.42 bits per heavy atom. The van der Waals surface area contributed by atoms with Crippen LogP contribution >= 0.6 is 0 Å². The smallest absolute Gasteiger partial charge is 0.225 e. The van der Waals surface area contributed by atoms with E-state index in [-0.39, 0.29) is 5.92 Å². The molecular weight excluding hydrogens is 302 g/mol. The predicted molar refractivity (Wildman–Crippen MR) is 91.3 cm³/mol. The number of fused-ring (bicyclic) bond motifs is 1. The van der Waals surface area contributed by atoms with Gasteiger partial charge in [-0.2, -0.15) is 0 Å². The Morgan fingerprint density at radius 1 is 1.17 bits per heavy atom. The number of rotatable bonds is 3. The van der Waals surface area contributed by atoms with Crippen molar-refractivity contribution in [2.45, 2.75) is 52.0 Å². The van der Waals surface area contributed by atoms with Crippen LogP contribution in [0, 0.1) is 24.7 Å². The zero-order valence-electron chi connectivity index (χ0n) is 14.7. The summed E-state index contributed by atoms with van der Waals surface area (Å²) in [5.74, 6) is 2.98. The van der Waals surface area contributed by atoms with Crippen molar-refractivity contribution in [2.24, 2.45) is 17.8 Å². The number of amides is 1. The second-order valence-electron chi connectivity index (χ2n) is 7.96. The minimum Gasteiger partial charge on any atom is -0.449 e. The second-order valence-corrected chi connectivity index (χ2v) is 7.96. The van der Waals surface area contributed by atoms with Gasteiger partial charge in [-0.3, -0.25) is 9.69 Å². The van der Waals surface area contributed by atoms with Gasteiger partial charge in [0.1, 0.15) is 6.26 Å². The first-order valence-electron chi connectivity index (χ1n) is 9.61. The van der Waals surface area contributed by atoms with E-state index in [1.807, 2.05) is 6.92 Å². The molecule has 0 radical (unpaired) electrons. The van der Waals surface area contributed by atoms with Crippen LogP contribution in [0.5, 0.6) is 0 Å². The van der Waals surface area contributed by atoms with Crippen molar-refractivity contribution in [3.63, 3.8) is 0 Å². The van der Waals surface area contributed by atoms with E-state index < -0.39 is 0 Å². The van der Waals surface area contributed by atoms with Crippen LogP contribution in [0.1, 0.15) is 50.1 Å². The maximum Gasteiger partial charge on any atom is 0.225 e. The van der Waals surface area contributed by atoms with Crippen LogP contribution in [0.25, 0.3) is 0 Å². The molecule has 5 nitrogen and oxygen atoms in total. The molecule has 1 saturated carbocycles. The van der Waals surface area contributed by atoms with Crippen molar-refractivity contribution in [3.05, 3.63) is 17.8 Å². The average molecular weight is 331 g/mol. The van der Waals surface area contributed by atoms with Crippen LogP contribution < -0.4 is 0 Å². The van der Waals surface area contributed by atoms with E-state index in [2.05, 4.69) is 14.8 Å². The Hall–Kier alpha value is -1.36. The summed E-state index contributed by atoms with van der Waals surface area (Å²) < 4.78 is 5.28. The lowest BCUT2D eigenvalue weighted by Gasteiger charge is -2.32. The monoisotopic (exact) mass is 331 g/mol. The summed E-state index contributed by atoms with van der Waals surface area (Å²) in [6.07, 6.45) is 9.13. The van der Waals surface area contributed by atoms with Gasteiger partial charge in [0.2, 0.25) is 5.91 Å². The van der Waals surface area contributed by atoms with E-state index in [1.54, 1.807) is 6.26 Å². The standard InChI is InChI=1S/C19H29N3O2/c1-14-20-18(13-24-14)12-21-8-6-15(7-9-21)19(23)22-10-16-4-2-3-5-17(16)11-22/h13,15-17H,2-12H2,1H3. The van der Waals surface area contributed by atoms with E-state index >= 15 is 0 Å². The molecule has 1 aromatic rings. The molecule has 2 unspecified atom stereocenters. The van der Waals surface area contributed by atoms with Crippen LogP contribution in [-0.2, 0) is 11.3 Å². The molecule has 24 heavy (non-hydrogen) atoms. The highest BCUT2D eigenvalue weighted by Crippen LogP contribution is 2.37. The zero-order chi connectivity index (χ0) is 16.5. The van der Waals surface area contributed by atoms with Gasteiger partial charge in [0.05, 0.1) is 5.69 Å². The Kier molecular flexibility index (Phi) is 4.61. The van der Waals surface area contributed by atoms with Crippen molar-refractivity contribution in [1.82, 2.24) is 14.8 Å². The molecule has 1 aromatic heterocycles. The van der Waals surface area contributed by atoms with Crippen molar-refractivity contribution in [1.29, 1.82) is 0 Å². The normalized spacial score (nSPS) is 29.0. The SMILES string of the molecule is Cc1nc(CN2CCC(C(=O)N3CC4CCCCC4C3)CC2)co1. The lowest BCUT2D eigenvalue weighted by molar-refractivity contribution is -0.136. The van der Waals surface area contributed by atoms with Gasteiger partial charge in [0.15, 0.2) is 5.89 Å². The van der Waals surface area contributed by atoms with Gasteiger partial charge >= 0.3 is 0 Å². The minimum absolute atomic E-state index is 0.237. The Labute approximate surface area is 144 Å². The fraction of sp³-hybridized carbons (Fsp3) is 0.789. The van der Waals surface area contributed by atoms with Crippen LogP contribution in [-0.4, -0.2) is 46.9 Å². The number of oxazole rings is 1. The summed E-state index contributed by atoms with van der Waals surface area (Å²) >= 11 is 0. The molecule has 1 amide bonds. The Bertz CT molecular complexity index is 563. The quantitative estimate of drug-likeness (QED) is 0.854.